The maximum absolute atomic E-state index is 12.7. The molecule has 0 unspecified atom stereocenters. The third kappa shape index (κ3) is 4.58. The van der Waals surface area contributed by atoms with E-state index in [9.17, 15) is 33.3 Å². The molecule has 2 rings (SSSR count). The molecule has 10 heteroatoms. The molecule has 0 aliphatic carbocycles. The van der Waals surface area contributed by atoms with Crippen LogP contribution in [0.3, 0.4) is 0 Å². The van der Waals surface area contributed by atoms with E-state index in [0.717, 1.165) is 16.7 Å². The highest BCUT2D eigenvalue weighted by molar-refractivity contribution is 6.32. The van der Waals surface area contributed by atoms with Gasteiger partial charge in [0.1, 0.15) is 23.2 Å². The van der Waals surface area contributed by atoms with Crippen LogP contribution in [0.15, 0.2) is 29.8 Å². The lowest BCUT2D eigenvalue weighted by atomic mass is 10.0. The molecule has 2 aromatic rings. The molecule has 146 valence electrons. The number of aromatic nitrogens is 1. The number of nitro benzene ring substituents is 1. The quantitative estimate of drug-likeness (QED) is 0.227. The minimum Gasteiger partial charge on any atom is -0.339 e. The number of allylic oxidation sites excluding steroid dienone is 1. The lowest BCUT2D eigenvalue weighted by molar-refractivity contribution is -0.384. The van der Waals surface area contributed by atoms with Crippen molar-refractivity contribution in [3.8, 4) is 6.07 Å². The standard InChI is InChI=1S/C18H13ClF3N3O3/c1-10-5-14(11(2)24(10)9-18(20,21)22)17(26)13(8-23)6-12-3-4-15(19)16(7-12)25(27)28/h3-7H,9H2,1-2H3/b13-6+. The van der Waals surface area contributed by atoms with Crippen LogP contribution in [0.5, 0.6) is 0 Å². The average Bonchev–Trinajstić information content (AvgIpc) is 2.87. The first-order valence-corrected chi connectivity index (χ1v) is 8.16. The van der Waals surface area contributed by atoms with E-state index >= 15 is 0 Å². The van der Waals surface area contributed by atoms with E-state index in [1.165, 1.54) is 32.0 Å². The van der Waals surface area contributed by atoms with Gasteiger partial charge >= 0.3 is 6.18 Å². The van der Waals surface area contributed by atoms with E-state index in [1.807, 2.05) is 0 Å². The Hall–Kier alpha value is -3.12. The molecule has 0 aliphatic heterocycles. The molecular formula is C18H13ClF3N3O3. The van der Waals surface area contributed by atoms with Crippen molar-refractivity contribution in [2.45, 2.75) is 26.6 Å². The first-order valence-electron chi connectivity index (χ1n) is 7.78. The Morgan fingerprint density at radius 1 is 1.36 bits per heavy atom. The summed E-state index contributed by atoms with van der Waals surface area (Å²) in [6, 6.07) is 6.70. The summed E-state index contributed by atoms with van der Waals surface area (Å²) in [4.78, 5) is 22.9. The minimum absolute atomic E-state index is 0.0435. The fraction of sp³-hybridized carbons (Fsp3) is 0.222. The van der Waals surface area contributed by atoms with Crippen molar-refractivity contribution in [3.05, 3.63) is 67.5 Å². The molecule has 0 amide bonds. The molecular weight excluding hydrogens is 399 g/mol. The normalized spacial score (nSPS) is 12.0. The summed E-state index contributed by atoms with van der Waals surface area (Å²) in [6.45, 7) is 1.52. The highest BCUT2D eigenvalue weighted by atomic mass is 35.5. The number of rotatable bonds is 5. The van der Waals surface area contributed by atoms with Gasteiger partial charge in [-0.2, -0.15) is 18.4 Å². The molecule has 0 bridgehead atoms. The number of hydrogen-bond donors (Lipinski definition) is 0. The maximum atomic E-state index is 12.7. The molecule has 1 aromatic carbocycles. The van der Waals surface area contributed by atoms with Crippen LogP contribution in [0.1, 0.15) is 27.3 Å². The summed E-state index contributed by atoms with van der Waals surface area (Å²) < 4.78 is 39.1. The summed E-state index contributed by atoms with van der Waals surface area (Å²) in [5.41, 5.74) is -0.337. The monoisotopic (exact) mass is 411 g/mol. The molecule has 0 N–H and O–H groups in total. The zero-order valence-electron chi connectivity index (χ0n) is 14.7. The van der Waals surface area contributed by atoms with E-state index in [1.54, 1.807) is 6.07 Å². The van der Waals surface area contributed by atoms with Crippen LogP contribution in [0.2, 0.25) is 5.02 Å². The van der Waals surface area contributed by atoms with Gasteiger partial charge in [-0.3, -0.25) is 14.9 Å². The fourth-order valence-electron chi connectivity index (χ4n) is 2.67. The van der Waals surface area contributed by atoms with Gasteiger partial charge in [0.15, 0.2) is 0 Å². The molecule has 0 radical (unpaired) electrons. The summed E-state index contributed by atoms with van der Waals surface area (Å²) in [5.74, 6) is -0.776. The highest BCUT2D eigenvalue weighted by Crippen LogP contribution is 2.28. The van der Waals surface area contributed by atoms with Crippen molar-refractivity contribution < 1.29 is 22.9 Å². The van der Waals surface area contributed by atoms with Crippen molar-refractivity contribution in [2.24, 2.45) is 0 Å². The molecule has 28 heavy (non-hydrogen) atoms. The van der Waals surface area contributed by atoms with Crippen molar-refractivity contribution in [2.75, 3.05) is 0 Å². The van der Waals surface area contributed by atoms with Crippen LogP contribution in [-0.4, -0.2) is 21.4 Å². The van der Waals surface area contributed by atoms with E-state index < -0.39 is 29.1 Å². The number of nitro groups is 1. The number of nitriles is 1. The number of nitrogens with zero attached hydrogens (tertiary/aromatic N) is 3. The lowest BCUT2D eigenvalue weighted by Crippen LogP contribution is -2.19. The van der Waals surface area contributed by atoms with Crippen LogP contribution < -0.4 is 0 Å². The van der Waals surface area contributed by atoms with E-state index in [-0.39, 0.29) is 33.1 Å². The molecule has 0 fully saturated rings. The number of carbonyl (C=O) groups is 1. The maximum Gasteiger partial charge on any atom is 0.406 e. The van der Waals surface area contributed by atoms with Gasteiger partial charge in [-0.05, 0) is 37.6 Å². The third-order valence-corrected chi connectivity index (χ3v) is 4.32. The van der Waals surface area contributed by atoms with Gasteiger partial charge in [0.2, 0.25) is 5.78 Å². The number of carbonyl (C=O) groups excluding carboxylic acids is 1. The molecule has 0 saturated carbocycles. The number of Topliss-reactive ketones (excluding diaryl/α,β-unsaturated/α-hetero) is 1. The Bertz CT molecular complexity index is 1030. The molecule has 1 aromatic heterocycles. The molecule has 0 saturated heterocycles. The minimum atomic E-state index is -4.47. The summed E-state index contributed by atoms with van der Waals surface area (Å²) in [5, 5.41) is 20.2. The fourth-order valence-corrected chi connectivity index (χ4v) is 2.86. The zero-order chi connectivity index (χ0) is 21.2. The van der Waals surface area contributed by atoms with Crippen molar-refractivity contribution in [1.29, 1.82) is 5.26 Å². The van der Waals surface area contributed by atoms with Gasteiger partial charge < -0.3 is 4.57 Å². The van der Waals surface area contributed by atoms with E-state index in [4.69, 9.17) is 11.6 Å². The SMILES string of the molecule is Cc1cc(C(=O)/C(C#N)=C/c2ccc(Cl)c([N+](=O)[O-])c2)c(C)n1CC(F)(F)F. The molecule has 0 atom stereocenters. The number of benzene rings is 1. The van der Waals surface area contributed by atoms with Crippen LogP contribution in [0.25, 0.3) is 6.08 Å². The van der Waals surface area contributed by atoms with Gasteiger partial charge in [-0.25, -0.2) is 0 Å². The predicted molar refractivity (Wildman–Crippen MR) is 96.0 cm³/mol. The average molecular weight is 412 g/mol. The number of hydrogen-bond acceptors (Lipinski definition) is 4. The second kappa shape index (κ2) is 7.86. The molecule has 0 spiro atoms. The molecule has 0 aliphatic rings. The van der Waals surface area contributed by atoms with Crippen LogP contribution in [-0.2, 0) is 6.54 Å². The van der Waals surface area contributed by atoms with Gasteiger partial charge in [0.25, 0.3) is 5.69 Å². The second-order valence-electron chi connectivity index (χ2n) is 5.95. The van der Waals surface area contributed by atoms with Crippen LogP contribution >= 0.6 is 11.6 Å². The lowest BCUT2D eigenvalue weighted by Gasteiger charge is -2.12. The van der Waals surface area contributed by atoms with Gasteiger partial charge in [0, 0.05) is 23.0 Å². The topological polar surface area (TPSA) is 88.9 Å². The second-order valence-corrected chi connectivity index (χ2v) is 6.36. The number of alkyl halides is 3. The Morgan fingerprint density at radius 3 is 2.54 bits per heavy atom. The van der Waals surface area contributed by atoms with Crippen LogP contribution in [0.4, 0.5) is 18.9 Å². The van der Waals surface area contributed by atoms with Crippen molar-refractivity contribution >= 4 is 29.1 Å². The Kier molecular flexibility index (Phi) is 5.95. The largest absolute Gasteiger partial charge is 0.406 e. The number of ketones is 1. The van der Waals surface area contributed by atoms with Gasteiger partial charge in [0.05, 0.1) is 4.92 Å². The van der Waals surface area contributed by atoms with E-state index in [2.05, 4.69) is 0 Å². The summed E-state index contributed by atoms with van der Waals surface area (Å²) >= 11 is 5.72. The zero-order valence-corrected chi connectivity index (χ0v) is 15.4. The summed E-state index contributed by atoms with van der Waals surface area (Å²) in [7, 11) is 0. The first-order chi connectivity index (χ1) is 12.9. The van der Waals surface area contributed by atoms with Gasteiger partial charge in [-0.15, -0.1) is 0 Å². The van der Waals surface area contributed by atoms with Crippen molar-refractivity contribution in [1.82, 2.24) is 4.57 Å². The van der Waals surface area contributed by atoms with Crippen molar-refractivity contribution in [3.63, 3.8) is 0 Å². The Balaban J connectivity index is 2.46. The van der Waals surface area contributed by atoms with E-state index in [0.29, 0.717) is 0 Å². The Labute approximate surface area is 162 Å². The number of aryl methyl sites for hydroxylation is 1. The number of halogens is 4. The first kappa shape index (κ1) is 21.2. The van der Waals surface area contributed by atoms with Crippen LogP contribution in [0, 0.1) is 35.3 Å². The smallest absolute Gasteiger partial charge is 0.339 e. The molecule has 1 heterocycles. The predicted octanol–water partition coefficient (Wildman–Crippen LogP) is 5.02. The van der Waals surface area contributed by atoms with Gasteiger partial charge in [-0.1, -0.05) is 17.7 Å². The Morgan fingerprint density at radius 2 is 2.00 bits per heavy atom. The summed E-state index contributed by atoms with van der Waals surface area (Å²) in [6.07, 6.45) is -3.34. The third-order valence-electron chi connectivity index (χ3n) is 4.00. The highest BCUT2D eigenvalue weighted by Gasteiger charge is 2.30. The molecule has 6 nitrogen and oxygen atoms in total.